The van der Waals surface area contributed by atoms with Crippen LogP contribution < -0.4 is 10.5 Å². The number of hydrogen-bond acceptors (Lipinski definition) is 3. The summed E-state index contributed by atoms with van der Waals surface area (Å²) in [6.45, 7) is 3.70. The molecule has 0 heterocycles. The number of rotatable bonds is 2. The summed E-state index contributed by atoms with van der Waals surface area (Å²) in [6, 6.07) is 5.71. The minimum atomic E-state index is -0.405. The van der Waals surface area contributed by atoms with Gasteiger partial charge in [0.25, 0.3) is 0 Å². The summed E-state index contributed by atoms with van der Waals surface area (Å²) in [5.41, 5.74) is 7.04. The van der Waals surface area contributed by atoms with Crippen molar-refractivity contribution in [2.75, 3.05) is 6.54 Å². The molecule has 4 heteroatoms. The Morgan fingerprint density at radius 3 is 2.29 bits per heavy atom. The predicted octanol–water partition coefficient (Wildman–Crippen LogP) is 1.59. The van der Waals surface area contributed by atoms with Crippen molar-refractivity contribution in [2.45, 2.75) is 13.8 Å². The van der Waals surface area contributed by atoms with E-state index in [0.717, 1.165) is 11.1 Å². The molecule has 3 nitrogen and oxygen atoms in total. The molecule has 0 aliphatic heterocycles. The number of carbonyl (C=O) groups excluding carboxylic acids is 1. The zero-order chi connectivity index (χ0) is 9.84. The lowest BCUT2D eigenvalue weighted by molar-refractivity contribution is -0.132. The third kappa shape index (κ3) is 3.01. The minimum Gasteiger partial charge on any atom is -0.425 e. The quantitative estimate of drug-likeness (QED) is 0.602. The van der Waals surface area contributed by atoms with Crippen LogP contribution in [0.15, 0.2) is 18.2 Å². The molecule has 0 radical (unpaired) electrons. The summed E-state index contributed by atoms with van der Waals surface area (Å²) < 4.78 is 5.06. The SMILES string of the molecule is Cc1cccc(C)c1OC(=O)CN.Cl. The molecular formula is C10H14ClNO2. The first-order chi connectivity index (χ1) is 6.15. The maximum absolute atomic E-state index is 10.9. The monoisotopic (exact) mass is 215 g/mol. The highest BCUT2D eigenvalue weighted by Crippen LogP contribution is 2.22. The van der Waals surface area contributed by atoms with Crippen molar-refractivity contribution in [3.05, 3.63) is 29.3 Å². The van der Waals surface area contributed by atoms with E-state index in [-0.39, 0.29) is 19.0 Å². The van der Waals surface area contributed by atoms with Crippen LogP contribution in [-0.4, -0.2) is 12.5 Å². The van der Waals surface area contributed by atoms with Crippen molar-refractivity contribution in [2.24, 2.45) is 5.73 Å². The van der Waals surface area contributed by atoms with Gasteiger partial charge in [-0.2, -0.15) is 0 Å². The molecule has 0 atom stereocenters. The van der Waals surface area contributed by atoms with Gasteiger partial charge in [-0.25, -0.2) is 0 Å². The molecule has 78 valence electrons. The lowest BCUT2D eigenvalue weighted by Gasteiger charge is -2.08. The van der Waals surface area contributed by atoms with E-state index >= 15 is 0 Å². The topological polar surface area (TPSA) is 52.3 Å². The van der Waals surface area contributed by atoms with E-state index in [9.17, 15) is 4.79 Å². The second-order valence-corrected chi connectivity index (χ2v) is 2.90. The molecular weight excluding hydrogens is 202 g/mol. The van der Waals surface area contributed by atoms with Crippen LogP contribution in [0.1, 0.15) is 11.1 Å². The number of hydrogen-bond donors (Lipinski definition) is 1. The Bertz CT molecular complexity index is 306. The van der Waals surface area contributed by atoms with Crippen LogP contribution in [-0.2, 0) is 4.79 Å². The Labute approximate surface area is 89.7 Å². The van der Waals surface area contributed by atoms with Gasteiger partial charge >= 0.3 is 5.97 Å². The zero-order valence-electron chi connectivity index (χ0n) is 8.24. The van der Waals surface area contributed by atoms with Gasteiger partial charge in [0.05, 0.1) is 6.54 Å². The third-order valence-corrected chi connectivity index (χ3v) is 1.79. The van der Waals surface area contributed by atoms with Gasteiger partial charge in [0.1, 0.15) is 5.75 Å². The number of benzene rings is 1. The molecule has 0 unspecified atom stereocenters. The number of nitrogens with two attached hydrogens (primary N) is 1. The van der Waals surface area contributed by atoms with Gasteiger partial charge in [0.15, 0.2) is 0 Å². The third-order valence-electron chi connectivity index (χ3n) is 1.79. The summed E-state index contributed by atoms with van der Waals surface area (Å²) >= 11 is 0. The maximum atomic E-state index is 10.9. The molecule has 0 aromatic heterocycles. The van der Waals surface area contributed by atoms with Crippen molar-refractivity contribution < 1.29 is 9.53 Å². The molecule has 0 fully saturated rings. The highest BCUT2D eigenvalue weighted by Gasteiger charge is 2.07. The second kappa shape index (κ2) is 5.62. The lowest BCUT2D eigenvalue weighted by atomic mass is 10.1. The van der Waals surface area contributed by atoms with Gasteiger partial charge in [-0.1, -0.05) is 18.2 Å². The van der Waals surface area contributed by atoms with Crippen LogP contribution >= 0.6 is 12.4 Å². The summed E-state index contributed by atoms with van der Waals surface area (Å²) in [5.74, 6) is 0.218. The van der Waals surface area contributed by atoms with Gasteiger partial charge in [-0.05, 0) is 25.0 Å². The summed E-state index contributed by atoms with van der Waals surface area (Å²) in [4.78, 5) is 10.9. The van der Waals surface area contributed by atoms with E-state index in [4.69, 9.17) is 10.5 Å². The predicted molar refractivity (Wildman–Crippen MR) is 57.9 cm³/mol. The Balaban J connectivity index is 0.00000169. The van der Waals surface area contributed by atoms with Crippen molar-refractivity contribution >= 4 is 18.4 Å². The molecule has 1 rings (SSSR count). The number of ether oxygens (including phenoxy) is 1. The number of aryl methyl sites for hydroxylation is 2. The molecule has 1 aromatic rings. The zero-order valence-corrected chi connectivity index (χ0v) is 9.06. The highest BCUT2D eigenvalue weighted by atomic mass is 35.5. The Hall–Kier alpha value is -1.06. The van der Waals surface area contributed by atoms with Gasteiger partial charge in [0, 0.05) is 0 Å². The van der Waals surface area contributed by atoms with Crippen LogP contribution in [0.5, 0.6) is 5.75 Å². The van der Waals surface area contributed by atoms with Crippen LogP contribution in [0.25, 0.3) is 0 Å². The van der Waals surface area contributed by atoms with Crippen LogP contribution in [0.4, 0.5) is 0 Å². The smallest absolute Gasteiger partial charge is 0.325 e. The van der Waals surface area contributed by atoms with Gasteiger partial charge < -0.3 is 10.5 Å². The van der Waals surface area contributed by atoms with Gasteiger partial charge in [0.2, 0.25) is 0 Å². The van der Waals surface area contributed by atoms with E-state index in [0.29, 0.717) is 5.75 Å². The van der Waals surface area contributed by atoms with Crippen LogP contribution in [0.2, 0.25) is 0 Å². The number of halogens is 1. The first kappa shape index (κ1) is 12.9. The highest BCUT2D eigenvalue weighted by molar-refractivity contribution is 5.85. The Morgan fingerprint density at radius 2 is 1.86 bits per heavy atom. The van der Waals surface area contributed by atoms with E-state index < -0.39 is 5.97 Å². The fourth-order valence-corrected chi connectivity index (χ4v) is 1.12. The second-order valence-electron chi connectivity index (χ2n) is 2.90. The maximum Gasteiger partial charge on any atom is 0.325 e. The van der Waals surface area contributed by atoms with Crippen LogP contribution in [0, 0.1) is 13.8 Å². The van der Waals surface area contributed by atoms with E-state index in [1.165, 1.54) is 0 Å². The lowest BCUT2D eigenvalue weighted by Crippen LogP contribution is -2.20. The minimum absolute atomic E-state index is 0. The molecule has 0 aliphatic rings. The van der Waals surface area contributed by atoms with Gasteiger partial charge in [-0.3, -0.25) is 4.79 Å². The molecule has 0 saturated carbocycles. The van der Waals surface area contributed by atoms with Gasteiger partial charge in [-0.15, -0.1) is 12.4 Å². The van der Waals surface area contributed by atoms with Crippen molar-refractivity contribution in [3.63, 3.8) is 0 Å². The fourth-order valence-electron chi connectivity index (χ4n) is 1.12. The molecule has 2 N–H and O–H groups in total. The van der Waals surface area contributed by atoms with E-state index in [1.807, 2.05) is 32.0 Å². The molecule has 0 bridgehead atoms. The largest absolute Gasteiger partial charge is 0.425 e. The summed E-state index contributed by atoms with van der Waals surface area (Å²) in [5, 5.41) is 0. The van der Waals surface area contributed by atoms with E-state index in [2.05, 4.69) is 0 Å². The average molecular weight is 216 g/mol. The molecule has 0 aliphatic carbocycles. The molecule has 1 aromatic carbocycles. The summed E-state index contributed by atoms with van der Waals surface area (Å²) in [6.07, 6.45) is 0. The average Bonchev–Trinajstić information content (AvgIpc) is 2.11. The van der Waals surface area contributed by atoms with Crippen molar-refractivity contribution in [1.82, 2.24) is 0 Å². The van der Waals surface area contributed by atoms with Crippen molar-refractivity contribution in [1.29, 1.82) is 0 Å². The first-order valence-corrected chi connectivity index (χ1v) is 4.12. The number of para-hydroxylation sites is 1. The number of carbonyl (C=O) groups is 1. The molecule has 0 spiro atoms. The Kier molecular flexibility index (Phi) is 5.20. The van der Waals surface area contributed by atoms with Crippen molar-refractivity contribution in [3.8, 4) is 5.75 Å². The van der Waals surface area contributed by atoms with E-state index in [1.54, 1.807) is 0 Å². The van der Waals surface area contributed by atoms with Crippen LogP contribution in [0.3, 0.4) is 0 Å². The standard InChI is InChI=1S/C10H13NO2.ClH/c1-7-4-3-5-8(2)10(7)13-9(12)6-11;/h3-5H,6,11H2,1-2H3;1H. The number of esters is 1. The first-order valence-electron chi connectivity index (χ1n) is 4.12. The molecule has 0 amide bonds. The molecule has 14 heavy (non-hydrogen) atoms. The fraction of sp³-hybridized carbons (Fsp3) is 0.300. The summed E-state index contributed by atoms with van der Waals surface area (Å²) in [7, 11) is 0. The Morgan fingerprint density at radius 1 is 1.36 bits per heavy atom. The normalized spacial score (nSPS) is 9.07. The molecule has 0 saturated heterocycles.